The van der Waals surface area contributed by atoms with Gasteiger partial charge in [0.25, 0.3) is 0 Å². The highest BCUT2D eigenvalue weighted by Crippen LogP contribution is 2.07. The summed E-state index contributed by atoms with van der Waals surface area (Å²) in [4.78, 5) is 21.4. The number of rotatable bonds is 3. The molecule has 0 spiro atoms. The van der Waals surface area contributed by atoms with Gasteiger partial charge in [0.2, 0.25) is 0 Å². The van der Waals surface area contributed by atoms with Crippen LogP contribution in [0.15, 0.2) is 0 Å². The van der Waals surface area contributed by atoms with E-state index in [1.54, 1.807) is 20.8 Å². The number of hydrogen-bond donors (Lipinski definition) is 0. The second-order valence-corrected chi connectivity index (χ2v) is 3.68. The molecule has 0 radical (unpaired) electrons. The van der Waals surface area contributed by atoms with Crippen LogP contribution in [0.5, 0.6) is 0 Å². The molecule has 0 rings (SSSR count). The van der Waals surface area contributed by atoms with E-state index in [-0.39, 0.29) is 25.0 Å². The summed E-state index contributed by atoms with van der Waals surface area (Å²) in [6.07, 6.45) is 0.108. The van der Waals surface area contributed by atoms with Crippen LogP contribution in [-0.2, 0) is 19.1 Å². The second kappa shape index (κ2) is 4.84. The molecule has 0 aliphatic carbocycles. The van der Waals surface area contributed by atoms with E-state index in [2.05, 4.69) is 4.74 Å². The van der Waals surface area contributed by atoms with Crippen molar-refractivity contribution in [3.8, 4) is 0 Å². The van der Waals surface area contributed by atoms with E-state index in [4.69, 9.17) is 4.74 Å². The molecule has 0 fully saturated rings. The first-order valence-corrected chi connectivity index (χ1v) is 4.16. The molecular formula is C9H16O4. The zero-order valence-electron chi connectivity index (χ0n) is 8.55. The summed E-state index contributed by atoms with van der Waals surface area (Å²) in [5.74, 6) is -0.739. The number of hydrogen-bond acceptors (Lipinski definition) is 4. The average molecular weight is 188 g/mol. The van der Waals surface area contributed by atoms with Crippen LogP contribution in [0.4, 0.5) is 0 Å². The Kier molecular flexibility index (Phi) is 4.45. The zero-order chi connectivity index (χ0) is 10.5. The van der Waals surface area contributed by atoms with Gasteiger partial charge >= 0.3 is 11.9 Å². The van der Waals surface area contributed by atoms with Gasteiger partial charge in [0.15, 0.2) is 0 Å². The van der Waals surface area contributed by atoms with E-state index in [1.807, 2.05) is 0 Å². The second-order valence-electron chi connectivity index (χ2n) is 3.68. The van der Waals surface area contributed by atoms with Crippen LogP contribution in [0.2, 0.25) is 0 Å². The van der Waals surface area contributed by atoms with Gasteiger partial charge in [-0.3, -0.25) is 9.59 Å². The number of esters is 2. The highest BCUT2D eigenvalue weighted by molar-refractivity contribution is 5.71. The third kappa shape index (κ3) is 8.85. The first-order valence-electron chi connectivity index (χ1n) is 4.16. The summed E-state index contributed by atoms with van der Waals surface area (Å²) < 4.78 is 9.58. The summed E-state index contributed by atoms with van der Waals surface area (Å²) in [5, 5.41) is 0. The molecule has 76 valence electrons. The van der Waals surface area contributed by atoms with Crippen LogP contribution < -0.4 is 0 Å². The van der Waals surface area contributed by atoms with E-state index in [0.29, 0.717) is 0 Å². The first-order chi connectivity index (χ1) is 5.81. The van der Waals surface area contributed by atoms with Gasteiger partial charge in [-0.2, -0.15) is 0 Å². The van der Waals surface area contributed by atoms with Gasteiger partial charge in [-0.1, -0.05) is 0 Å². The fourth-order valence-corrected chi connectivity index (χ4v) is 0.671. The molecule has 13 heavy (non-hydrogen) atoms. The molecular weight excluding hydrogens is 172 g/mol. The van der Waals surface area contributed by atoms with Gasteiger partial charge in [0.05, 0.1) is 6.42 Å². The van der Waals surface area contributed by atoms with Crippen molar-refractivity contribution in [1.82, 2.24) is 0 Å². The Morgan fingerprint density at radius 2 is 1.77 bits per heavy atom. The topological polar surface area (TPSA) is 52.6 Å². The lowest BCUT2D eigenvalue weighted by atomic mass is 10.2. The molecule has 0 bridgehead atoms. The predicted molar refractivity (Wildman–Crippen MR) is 47.1 cm³/mol. The van der Waals surface area contributed by atoms with Crippen molar-refractivity contribution in [1.29, 1.82) is 0 Å². The molecule has 0 amide bonds. The van der Waals surface area contributed by atoms with Crippen LogP contribution in [0.25, 0.3) is 0 Å². The van der Waals surface area contributed by atoms with E-state index >= 15 is 0 Å². The molecule has 0 unspecified atom stereocenters. The lowest BCUT2D eigenvalue weighted by Crippen LogP contribution is -2.24. The van der Waals surface area contributed by atoms with E-state index in [9.17, 15) is 9.59 Å². The van der Waals surface area contributed by atoms with Gasteiger partial charge in [-0.05, 0) is 20.8 Å². The molecule has 0 aromatic rings. The van der Waals surface area contributed by atoms with Crippen molar-refractivity contribution in [3.63, 3.8) is 0 Å². The Balaban J connectivity index is 3.59. The van der Waals surface area contributed by atoms with Crippen molar-refractivity contribution in [2.24, 2.45) is 0 Å². The Hall–Kier alpha value is -1.06. The smallest absolute Gasteiger partial charge is 0.309 e. The SMILES string of the molecule is CC(=O)OCCC(=O)OC(C)(C)C. The molecule has 0 N–H and O–H groups in total. The van der Waals surface area contributed by atoms with Crippen LogP contribution in [-0.4, -0.2) is 24.1 Å². The normalized spacial score (nSPS) is 10.8. The zero-order valence-corrected chi connectivity index (χ0v) is 8.55. The molecule has 4 nitrogen and oxygen atoms in total. The van der Waals surface area contributed by atoms with Crippen LogP contribution >= 0.6 is 0 Å². The molecule has 0 saturated heterocycles. The van der Waals surface area contributed by atoms with Gasteiger partial charge in [0.1, 0.15) is 12.2 Å². The van der Waals surface area contributed by atoms with Crippen molar-refractivity contribution in [3.05, 3.63) is 0 Å². The molecule has 0 aliphatic rings. The van der Waals surface area contributed by atoms with Crippen molar-refractivity contribution in [2.75, 3.05) is 6.61 Å². The summed E-state index contributed by atoms with van der Waals surface area (Å²) in [6.45, 7) is 6.75. The van der Waals surface area contributed by atoms with E-state index < -0.39 is 5.60 Å². The average Bonchev–Trinajstić information content (AvgIpc) is 1.81. The van der Waals surface area contributed by atoms with Crippen LogP contribution in [0.1, 0.15) is 34.1 Å². The van der Waals surface area contributed by atoms with Crippen molar-refractivity contribution in [2.45, 2.75) is 39.7 Å². The van der Waals surface area contributed by atoms with Crippen LogP contribution in [0.3, 0.4) is 0 Å². The standard InChI is InChI=1S/C9H16O4/c1-7(10)12-6-5-8(11)13-9(2,3)4/h5-6H2,1-4H3. The maximum absolute atomic E-state index is 11.0. The van der Waals surface area contributed by atoms with Gasteiger partial charge in [-0.15, -0.1) is 0 Å². The minimum Gasteiger partial charge on any atom is -0.465 e. The van der Waals surface area contributed by atoms with Crippen molar-refractivity contribution < 1.29 is 19.1 Å². The molecule has 4 heteroatoms. The Bertz CT molecular complexity index is 190. The molecule has 0 saturated carbocycles. The largest absolute Gasteiger partial charge is 0.465 e. The van der Waals surface area contributed by atoms with E-state index in [0.717, 1.165) is 0 Å². The Morgan fingerprint density at radius 1 is 1.23 bits per heavy atom. The number of carbonyl (C=O) groups excluding carboxylic acids is 2. The lowest BCUT2D eigenvalue weighted by molar-refractivity contribution is -0.157. The highest BCUT2D eigenvalue weighted by atomic mass is 16.6. The van der Waals surface area contributed by atoms with Gasteiger partial charge in [0, 0.05) is 6.92 Å². The summed E-state index contributed by atoms with van der Waals surface area (Å²) >= 11 is 0. The molecule has 0 aliphatic heterocycles. The van der Waals surface area contributed by atoms with Crippen molar-refractivity contribution >= 4 is 11.9 Å². The Morgan fingerprint density at radius 3 is 2.15 bits per heavy atom. The summed E-state index contributed by atoms with van der Waals surface area (Å²) in [5.41, 5.74) is -0.479. The fraction of sp³-hybridized carbons (Fsp3) is 0.778. The van der Waals surface area contributed by atoms with E-state index in [1.165, 1.54) is 6.92 Å². The molecule has 0 heterocycles. The third-order valence-electron chi connectivity index (χ3n) is 1.03. The lowest BCUT2D eigenvalue weighted by Gasteiger charge is -2.19. The van der Waals surface area contributed by atoms with Gasteiger partial charge < -0.3 is 9.47 Å². The van der Waals surface area contributed by atoms with Crippen LogP contribution in [0, 0.1) is 0 Å². The minimum absolute atomic E-state index is 0.0875. The van der Waals surface area contributed by atoms with Gasteiger partial charge in [-0.25, -0.2) is 0 Å². The molecule has 0 aromatic heterocycles. The third-order valence-corrected chi connectivity index (χ3v) is 1.03. The quantitative estimate of drug-likeness (QED) is 0.626. The fourth-order valence-electron chi connectivity index (χ4n) is 0.671. The maximum atomic E-state index is 11.0. The predicted octanol–water partition coefficient (Wildman–Crippen LogP) is 1.28. The monoisotopic (exact) mass is 188 g/mol. The Labute approximate surface area is 78.2 Å². The number of ether oxygens (including phenoxy) is 2. The molecule has 0 atom stereocenters. The minimum atomic E-state index is -0.479. The summed E-state index contributed by atoms with van der Waals surface area (Å²) in [6, 6.07) is 0. The maximum Gasteiger partial charge on any atom is 0.309 e. The summed E-state index contributed by atoms with van der Waals surface area (Å²) in [7, 11) is 0. The first kappa shape index (κ1) is 11.9. The number of carbonyl (C=O) groups is 2. The highest BCUT2D eigenvalue weighted by Gasteiger charge is 2.15. The molecule has 0 aromatic carbocycles.